The number of pyridine rings is 1. The molecule has 2 heterocycles. The minimum atomic E-state index is 0.125. The number of methoxy groups -OCH3 is 3. The van der Waals surface area contributed by atoms with Gasteiger partial charge in [-0.25, -0.2) is 4.98 Å². The van der Waals surface area contributed by atoms with Crippen molar-refractivity contribution in [3.8, 4) is 28.5 Å². The Morgan fingerprint density at radius 1 is 1.00 bits per heavy atom. The zero-order valence-corrected chi connectivity index (χ0v) is 23.6. The van der Waals surface area contributed by atoms with Gasteiger partial charge in [-0.05, 0) is 56.9 Å². The third-order valence-electron chi connectivity index (χ3n) is 7.39. The quantitative estimate of drug-likeness (QED) is 0.265. The predicted octanol–water partition coefficient (Wildman–Crippen LogP) is 5.63. The lowest BCUT2D eigenvalue weighted by Crippen LogP contribution is -2.33. The van der Waals surface area contributed by atoms with Gasteiger partial charge in [0.2, 0.25) is 11.7 Å². The molecule has 39 heavy (non-hydrogen) atoms. The van der Waals surface area contributed by atoms with Crippen molar-refractivity contribution in [3.05, 3.63) is 65.0 Å². The van der Waals surface area contributed by atoms with E-state index in [1.165, 1.54) is 0 Å². The van der Waals surface area contributed by atoms with E-state index in [2.05, 4.69) is 30.2 Å². The normalized spacial score (nSPS) is 13.0. The fraction of sp³-hybridized carbons (Fsp3) is 0.387. The van der Waals surface area contributed by atoms with Crippen molar-refractivity contribution >= 4 is 16.8 Å². The van der Waals surface area contributed by atoms with Crippen LogP contribution in [0.5, 0.6) is 17.2 Å². The van der Waals surface area contributed by atoms with Gasteiger partial charge in [0.05, 0.1) is 38.2 Å². The van der Waals surface area contributed by atoms with Gasteiger partial charge in [0.15, 0.2) is 11.5 Å². The van der Waals surface area contributed by atoms with Crippen LogP contribution in [0.25, 0.3) is 22.2 Å². The highest BCUT2D eigenvalue weighted by atomic mass is 16.5. The van der Waals surface area contributed by atoms with Crippen molar-refractivity contribution in [2.24, 2.45) is 0 Å². The lowest BCUT2D eigenvalue weighted by Gasteiger charge is -2.25. The third kappa shape index (κ3) is 5.28. The molecular formula is C31H36N4O4. The minimum absolute atomic E-state index is 0.125. The van der Waals surface area contributed by atoms with Gasteiger partial charge in [-0.15, -0.1) is 0 Å². The molecule has 4 aromatic rings. The first-order chi connectivity index (χ1) is 18.8. The van der Waals surface area contributed by atoms with Crippen molar-refractivity contribution < 1.29 is 19.0 Å². The first-order valence-electron chi connectivity index (χ1n) is 13.3. The highest BCUT2D eigenvalue weighted by Gasteiger charge is 2.33. The topological polar surface area (TPSA) is 78.7 Å². The summed E-state index contributed by atoms with van der Waals surface area (Å²) in [6, 6.07) is 14.5. The van der Waals surface area contributed by atoms with Gasteiger partial charge in [-0.1, -0.05) is 24.3 Å². The molecule has 8 nitrogen and oxygen atoms in total. The van der Waals surface area contributed by atoms with Crippen LogP contribution >= 0.6 is 0 Å². The van der Waals surface area contributed by atoms with Gasteiger partial charge in [0.25, 0.3) is 0 Å². The number of fused-ring (bicyclic) bond motifs is 1. The maximum absolute atomic E-state index is 13.6. The predicted molar refractivity (Wildman–Crippen MR) is 151 cm³/mol. The number of rotatable bonds is 10. The average molecular weight is 529 g/mol. The number of aryl methyl sites for hydroxylation is 4. The van der Waals surface area contributed by atoms with Crippen LogP contribution in [0.4, 0.5) is 0 Å². The van der Waals surface area contributed by atoms with E-state index in [0.717, 1.165) is 57.5 Å². The summed E-state index contributed by atoms with van der Waals surface area (Å²) in [6.45, 7) is 7.10. The van der Waals surface area contributed by atoms with E-state index in [1.807, 2.05) is 47.7 Å². The molecule has 1 amide bonds. The van der Waals surface area contributed by atoms with E-state index >= 15 is 0 Å². The van der Waals surface area contributed by atoms with E-state index in [4.69, 9.17) is 19.2 Å². The molecule has 0 radical (unpaired) electrons. The second-order valence-electron chi connectivity index (χ2n) is 10.2. The van der Waals surface area contributed by atoms with Crippen LogP contribution in [-0.4, -0.2) is 52.9 Å². The van der Waals surface area contributed by atoms with Gasteiger partial charge >= 0.3 is 0 Å². The molecule has 1 aliphatic rings. The molecule has 0 saturated heterocycles. The number of amides is 1. The summed E-state index contributed by atoms with van der Waals surface area (Å²) in [4.78, 5) is 20.8. The molecule has 5 rings (SSSR count). The summed E-state index contributed by atoms with van der Waals surface area (Å²) in [5.74, 6) is 1.76. The second kappa shape index (κ2) is 11.0. The summed E-state index contributed by atoms with van der Waals surface area (Å²) in [5, 5.41) is 5.35. The molecule has 0 atom stereocenters. The van der Waals surface area contributed by atoms with E-state index in [1.54, 1.807) is 21.3 Å². The van der Waals surface area contributed by atoms with Gasteiger partial charge in [0.1, 0.15) is 0 Å². The largest absolute Gasteiger partial charge is 0.493 e. The Kier molecular flexibility index (Phi) is 7.46. The van der Waals surface area contributed by atoms with Crippen molar-refractivity contribution in [2.75, 3.05) is 21.3 Å². The molecule has 1 aliphatic carbocycles. The Morgan fingerprint density at radius 2 is 1.74 bits per heavy atom. The van der Waals surface area contributed by atoms with Crippen molar-refractivity contribution in [2.45, 2.75) is 59.2 Å². The number of nitrogens with zero attached hydrogens (tertiary/aromatic N) is 4. The highest BCUT2D eigenvalue weighted by molar-refractivity contribution is 5.93. The average Bonchev–Trinajstić information content (AvgIpc) is 3.72. The highest BCUT2D eigenvalue weighted by Crippen LogP contribution is 2.44. The number of carbonyl (C=O) groups excluding carboxylic acids is 1. The Morgan fingerprint density at radius 3 is 2.36 bits per heavy atom. The zero-order chi connectivity index (χ0) is 27.7. The SMILES string of the molecule is COc1cc2nc(-c3ccccc3C)c(CN(C(=O)CCn3nc(C)cc3C)C3CC3)cc2c(OC)c1OC. The molecule has 0 bridgehead atoms. The van der Waals surface area contributed by atoms with Crippen LogP contribution in [0.3, 0.4) is 0 Å². The molecule has 0 N–H and O–H groups in total. The Balaban J connectivity index is 1.58. The standard InChI is InChI=1S/C31H36N4O4/c1-19-9-7-8-10-24(19)29-22(16-25-26(32-29)17-27(37-4)31(39-6)30(25)38-5)18-34(23-11-12-23)28(36)13-14-35-21(3)15-20(2)33-35/h7-10,15-17,23H,11-14,18H2,1-6H3. The number of benzene rings is 2. The van der Waals surface area contributed by atoms with E-state index in [0.29, 0.717) is 36.8 Å². The molecule has 2 aromatic carbocycles. The fourth-order valence-corrected chi connectivity index (χ4v) is 5.26. The maximum atomic E-state index is 13.6. The monoisotopic (exact) mass is 528 g/mol. The van der Waals surface area contributed by atoms with Crippen LogP contribution in [0.15, 0.2) is 42.5 Å². The Labute approximate surface area is 229 Å². The molecule has 0 unspecified atom stereocenters. The van der Waals surface area contributed by atoms with Crippen LogP contribution in [0.1, 0.15) is 41.8 Å². The van der Waals surface area contributed by atoms with Crippen LogP contribution in [-0.2, 0) is 17.9 Å². The molecule has 204 valence electrons. The maximum Gasteiger partial charge on any atom is 0.224 e. The van der Waals surface area contributed by atoms with E-state index < -0.39 is 0 Å². The summed E-state index contributed by atoms with van der Waals surface area (Å²) >= 11 is 0. The molecule has 1 fully saturated rings. The van der Waals surface area contributed by atoms with Gasteiger partial charge in [-0.2, -0.15) is 5.10 Å². The number of aromatic nitrogens is 3. The van der Waals surface area contributed by atoms with Gasteiger partial charge in [-0.3, -0.25) is 9.48 Å². The number of hydrogen-bond donors (Lipinski definition) is 0. The van der Waals surface area contributed by atoms with Crippen LogP contribution in [0.2, 0.25) is 0 Å². The van der Waals surface area contributed by atoms with Crippen molar-refractivity contribution in [1.82, 2.24) is 19.7 Å². The van der Waals surface area contributed by atoms with Crippen LogP contribution < -0.4 is 14.2 Å². The minimum Gasteiger partial charge on any atom is -0.493 e. The number of ether oxygens (including phenoxy) is 3. The summed E-state index contributed by atoms with van der Waals surface area (Å²) in [7, 11) is 4.81. The Bertz CT molecular complexity index is 1520. The molecule has 8 heteroatoms. The number of hydrogen-bond acceptors (Lipinski definition) is 6. The van der Waals surface area contributed by atoms with E-state index in [9.17, 15) is 4.79 Å². The van der Waals surface area contributed by atoms with E-state index in [-0.39, 0.29) is 11.9 Å². The second-order valence-corrected chi connectivity index (χ2v) is 10.2. The lowest BCUT2D eigenvalue weighted by molar-refractivity contribution is -0.132. The number of carbonyl (C=O) groups is 1. The third-order valence-corrected chi connectivity index (χ3v) is 7.39. The summed E-state index contributed by atoms with van der Waals surface area (Å²) in [6.07, 6.45) is 2.43. The molecule has 1 saturated carbocycles. The van der Waals surface area contributed by atoms with Gasteiger partial charge < -0.3 is 19.1 Å². The summed E-state index contributed by atoms with van der Waals surface area (Å²) < 4.78 is 18.9. The molecule has 0 aliphatic heterocycles. The molecular weight excluding hydrogens is 492 g/mol. The fourth-order valence-electron chi connectivity index (χ4n) is 5.26. The van der Waals surface area contributed by atoms with Crippen molar-refractivity contribution in [3.63, 3.8) is 0 Å². The lowest BCUT2D eigenvalue weighted by atomic mass is 9.98. The van der Waals surface area contributed by atoms with Gasteiger partial charge in [0, 0.05) is 48.3 Å². The van der Waals surface area contributed by atoms with Crippen LogP contribution in [0, 0.1) is 20.8 Å². The Hall–Kier alpha value is -4.07. The first-order valence-corrected chi connectivity index (χ1v) is 13.3. The van der Waals surface area contributed by atoms with Crippen molar-refractivity contribution in [1.29, 1.82) is 0 Å². The summed E-state index contributed by atoms with van der Waals surface area (Å²) in [5.41, 5.74) is 6.74. The molecule has 2 aromatic heterocycles. The first kappa shape index (κ1) is 26.5. The zero-order valence-electron chi connectivity index (χ0n) is 23.6. The smallest absolute Gasteiger partial charge is 0.224 e. The molecule has 0 spiro atoms.